The van der Waals surface area contributed by atoms with Crippen LogP contribution in [0.3, 0.4) is 0 Å². The highest BCUT2D eigenvalue weighted by Gasteiger charge is 2.30. The SMILES string of the molecule is CC(C)CCC(C(=O)Nc1cc(Cl)c(Cl)cc1SC(=O)C(C)(C)C)C1CCCCC1. The number of halogens is 2. The van der Waals surface area contributed by atoms with Crippen LogP contribution in [0, 0.1) is 23.2 Å². The molecule has 0 aromatic heterocycles. The van der Waals surface area contributed by atoms with Crippen molar-refractivity contribution in [1.29, 1.82) is 0 Å². The Morgan fingerprint density at radius 1 is 1.07 bits per heavy atom. The molecule has 0 spiro atoms. The van der Waals surface area contributed by atoms with Gasteiger partial charge in [0, 0.05) is 16.2 Å². The lowest BCUT2D eigenvalue weighted by atomic mass is 9.77. The first kappa shape index (κ1) is 25.5. The molecule has 3 nitrogen and oxygen atoms in total. The largest absolute Gasteiger partial charge is 0.325 e. The van der Waals surface area contributed by atoms with Gasteiger partial charge in [0.15, 0.2) is 5.12 Å². The van der Waals surface area contributed by atoms with Crippen molar-refractivity contribution in [2.45, 2.75) is 84.5 Å². The minimum Gasteiger partial charge on any atom is -0.325 e. The lowest BCUT2D eigenvalue weighted by Gasteiger charge is -2.30. The second kappa shape index (κ2) is 11.2. The standard InChI is InChI=1S/C24H35Cl2NO2S/c1-15(2)11-12-17(16-9-7-6-8-10-16)22(28)27-20-13-18(25)19(26)14-21(20)30-23(29)24(3,4)5/h13-17H,6-12H2,1-5H3,(H,27,28). The van der Waals surface area contributed by atoms with Crippen molar-refractivity contribution in [3.05, 3.63) is 22.2 Å². The fourth-order valence-electron chi connectivity index (χ4n) is 3.82. The molecule has 2 rings (SSSR count). The molecule has 1 N–H and O–H groups in total. The van der Waals surface area contributed by atoms with Crippen molar-refractivity contribution >= 4 is 51.7 Å². The number of benzene rings is 1. The molecule has 1 aliphatic carbocycles. The number of amides is 1. The van der Waals surface area contributed by atoms with Gasteiger partial charge in [-0.2, -0.15) is 0 Å². The molecule has 1 saturated carbocycles. The van der Waals surface area contributed by atoms with Crippen LogP contribution in [0.15, 0.2) is 17.0 Å². The zero-order valence-electron chi connectivity index (χ0n) is 18.8. The van der Waals surface area contributed by atoms with E-state index in [1.54, 1.807) is 12.1 Å². The predicted molar refractivity (Wildman–Crippen MR) is 130 cm³/mol. The van der Waals surface area contributed by atoms with Crippen LogP contribution < -0.4 is 5.32 Å². The molecular formula is C24H35Cl2NO2S. The van der Waals surface area contributed by atoms with Crippen LogP contribution in [0.25, 0.3) is 0 Å². The maximum absolute atomic E-state index is 13.4. The first-order valence-corrected chi connectivity index (χ1v) is 12.6. The highest BCUT2D eigenvalue weighted by Crippen LogP contribution is 2.40. The van der Waals surface area contributed by atoms with Gasteiger partial charge in [-0.3, -0.25) is 9.59 Å². The second-order valence-electron chi connectivity index (χ2n) is 9.87. The van der Waals surface area contributed by atoms with E-state index in [-0.39, 0.29) is 16.9 Å². The van der Waals surface area contributed by atoms with E-state index in [4.69, 9.17) is 23.2 Å². The average molecular weight is 473 g/mol. The summed E-state index contributed by atoms with van der Waals surface area (Å²) in [5, 5.41) is 3.86. The van der Waals surface area contributed by atoms with E-state index < -0.39 is 5.41 Å². The quantitative estimate of drug-likeness (QED) is 0.407. The van der Waals surface area contributed by atoms with Crippen molar-refractivity contribution in [3.63, 3.8) is 0 Å². The van der Waals surface area contributed by atoms with Crippen LogP contribution >= 0.6 is 35.0 Å². The number of carbonyl (C=O) groups is 2. The van der Waals surface area contributed by atoms with Gasteiger partial charge in [0.05, 0.1) is 15.7 Å². The fraction of sp³-hybridized carbons (Fsp3) is 0.667. The Morgan fingerprint density at radius 2 is 1.67 bits per heavy atom. The summed E-state index contributed by atoms with van der Waals surface area (Å²) in [6.45, 7) is 10.0. The molecule has 1 aliphatic rings. The van der Waals surface area contributed by atoms with Crippen LogP contribution in [0.5, 0.6) is 0 Å². The Morgan fingerprint density at radius 3 is 2.23 bits per heavy atom. The molecule has 1 unspecified atom stereocenters. The highest BCUT2D eigenvalue weighted by molar-refractivity contribution is 8.13. The number of hydrogen-bond donors (Lipinski definition) is 1. The monoisotopic (exact) mass is 471 g/mol. The summed E-state index contributed by atoms with van der Waals surface area (Å²) >= 11 is 13.6. The normalized spacial score (nSPS) is 16.5. The highest BCUT2D eigenvalue weighted by atomic mass is 35.5. The summed E-state index contributed by atoms with van der Waals surface area (Å²) < 4.78 is 0. The summed E-state index contributed by atoms with van der Waals surface area (Å²) in [5.41, 5.74) is 0.0716. The molecule has 0 saturated heterocycles. The summed E-state index contributed by atoms with van der Waals surface area (Å²) in [7, 11) is 0. The summed E-state index contributed by atoms with van der Waals surface area (Å²) in [6.07, 6.45) is 7.80. The number of thioether (sulfide) groups is 1. The van der Waals surface area contributed by atoms with Crippen molar-refractivity contribution < 1.29 is 9.59 Å². The maximum atomic E-state index is 13.4. The van der Waals surface area contributed by atoms with Crippen LogP contribution in [-0.2, 0) is 9.59 Å². The molecule has 6 heteroatoms. The Balaban J connectivity index is 2.26. The lowest BCUT2D eigenvalue weighted by Crippen LogP contribution is -2.31. The minimum atomic E-state index is -0.500. The number of nitrogens with one attached hydrogen (secondary N) is 1. The molecule has 1 aromatic carbocycles. The molecule has 1 fully saturated rings. The van der Waals surface area contributed by atoms with Gasteiger partial charge in [0.1, 0.15) is 0 Å². The molecule has 0 heterocycles. The van der Waals surface area contributed by atoms with E-state index in [0.29, 0.717) is 32.5 Å². The Labute approximate surface area is 196 Å². The van der Waals surface area contributed by atoms with Gasteiger partial charge in [-0.15, -0.1) is 0 Å². The minimum absolute atomic E-state index is 0.0139. The van der Waals surface area contributed by atoms with Crippen molar-refractivity contribution in [3.8, 4) is 0 Å². The Kier molecular flexibility index (Phi) is 9.57. The van der Waals surface area contributed by atoms with E-state index in [9.17, 15) is 9.59 Å². The topological polar surface area (TPSA) is 46.2 Å². The van der Waals surface area contributed by atoms with E-state index in [0.717, 1.165) is 37.4 Å². The maximum Gasteiger partial charge on any atom is 0.227 e. The molecule has 30 heavy (non-hydrogen) atoms. The van der Waals surface area contributed by atoms with Gasteiger partial charge in [0.25, 0.3) is 0 Å². The van der Waals surface area contributed by atoms with E-state index >= 15 is 0 Å². The molecule has 168 valence electrons. The number of carbonyl (C=O) groups excluding carboxylic acids is 2. The number of rotatable bonds is 7. The third-order valence-corrected chi connectivity index (χ3v) is 7.78. The van der Waals surface area contributed by atoms with Crippen molar-refractivity contribution in [2.75, 3.05) is 5.32 Å². The van der Waals surface area contributed by atoms with Gasteiger partial charge >= 0.3 is 0 Å². The molecular weight excluding hydrogens is 437 g/mol. The van der Waals surface area contributed by atoms with Gasteiger partial charge in [0.2, 0.25) is 5.91 Å². The first-order valence-electron chi connectivity index (χ1n) is 11.0. The summed E-state index contributed by atoms with van der Waals surface area (Å²) in [5.74, 6) is 1.00. The van der Waals surface area contributed by atoms with Crippen molar-refractivity contribution in [2.24, 2.45) is 23.2 Å². The Hall–Kier alpha value is -0.710. The van der Waals surface area contributed by atoms with E-state index in [1.807, 2.05) is 20.8 Å². The third kappa shape index (κ3) is 7.46. The lowest BCUT2D eigenvalue weighted by molar-refractivity contribution is -0.122. The van der Waals surface area contributed by atoms with Gasteiger partial charge < -0.3 is 5.32 Å². The van der Waals surface area contributed by atoms with Gasteiger partial charge in [-0.25, -0.2) is 0 Å². The molecule has 1 aromatic rings. The smallest absolute Gasteiger partial charge is 0.227 e. The molecule has 1 atom stereocenters. The third-order valence-electron chi connectivity index (χ3n) is 5.71. The van der Waals surface area contributed by atoms with Gasteiger partial charge in [-0.1, -0.05) is 83.5 Å². The number of hydrogen-bond acceptors (Lipinski definition) is 3. The first-order chi connectivity index (χ1) is 14.0. The summed E-state index contributed by atoms with van der Waals surface area (Å²) in [4.78, 5) is 26.6. The zero-order chi connectivity index (χ0) is 22.5. The van der Waals surface area contributed by atoms with E-state index in [2.05, 4.69) is 19.2 Å². The predicted octanol–water partition coefficient (Wildman–Crippen LogP) is 8.23. The Bertz CT molecular complexity index is 752. The zero-order valence-corrected chi connectivity index (χ0v) is 21.1. The average Bonchev–Trinajstić information content (AvgIpc) is 2.65. The van der Waals surface area contributed by atoms with Crippen LogP contribution in [0.4, 0.5) is 5.69 Å². The van der Waals surface area contributed by atoms with Crippen LogP contribution in [0.1, 0.15) is 79.6 Å². The van der Waals surface area contributed by atoms with Crippen LogP contribution in [0.2, 0.25) is 10.0 Å². The number of anilines is 1. The van der Waals surface area contributed by atoms with E-state index in [1.165, 1.54) is 19.3 Å². The molecule has 0 bridgehead atoms. The molecule has 1 amide bonds. The van der Waals surface area contributed by atoms with Gasteiger partial charge in [-0.05, 0) is 55.0 Å². The fourth-order valence-corrected chi connectivity index (χ4v) is 5.11. The summed E-state index contributed by atoms with van der Waals surface area (Å²) in [6, 6.07) is 3.35. The van der Waals surface area contributed by atoms with Crippen molar-refractivity contribution in [1.82, 2.24) is 0 Å². The van der Waals surface area contributed by atoms with Crippen LogP contribution in [-0.4, -0.2) is 11.0 Å². The molecule has 0 radical (unpaired) electrons. The second-order valence-corrected chi connectivity index (χ2v) is 11.7. The molecule has 0 aliphatic heterocycles.